The zero-order valence-corrected chi connectivity index (χ0v) is 10.2. The lowest BCUT2D eigenvalue weighted by molar-refractivity contribution is 0.277. The second kappa shape index (κ2) is 5.65. The summed E-state index contributed by atoms with van der Waals surface area (Å²) in [5, 5.41) is 12.1. The minimum Gasteiger partial charge on any atom is -0.368 e. The number of anilines is 1. The Hall–Kier alpha value is -1.60. The summed E-state index contributed by atoms with van der Waals surface area (Å²) in [7, 11) is 0. The Bertz CT molecular complexity index is 410. The van der Waals surface area contributed by atoms with Gasteiger partial charge in [-0.15, -0.1) is 0 Å². The fourth-order valence-electron chi connectivity index (χ4n) is 2.36. The summed E-state index contributed by atoms with van der Waals surface area (Å²) in [6, 6.07) is 8.15. The number of hydrogen-bond acceptors (Lipinski definition) is 4. The van der Waals surface area contributed by atoms with E-state index in [1.165, 1.54) is 19.4 Å². The molecular formula is C13H18N4. The number of nitrogens with one attached hydrogen (secondary N) is 1. The fraction of sp³-hybridized carbons (Fsp3) is 0.538. The lowest BCUT2D eigenvalue weighted by Crippen LogP contribution is -2.34. The van der Waals surface area contributed by atoms with Crippen LogP contribution in [0.1, 0.15) is 25.5 Å². The van der Waals surface area contributed by atoms with Gasteiger partial charge in [-0.05, 0) is 38.1 Å². The Labute approximate surface area is 102 Å². The van der Waals surface area contributed by atoms with Gasteiger partial charge in [0.15, 0.2) is 0 Å². The number of nitriles is 1. The first-order valence-electron chi connectivity index (χ1n) is 6.18. The maximum atomic E-state index is 8.77. The Morgan fingerprint density at radius 2 is 2.47 bits per heavy atom. The van der Waals surface area contributed by atoms with Crippen molar-refractivity contribution in [2.75, 3.05) is 25.0 Å². The molecule has 90 valence electrons. The van der Waals surface area contributed by atoms with E-state index in [9.17, 15) is 0 Å². The van der Waals surface area contributed by atoms with Gasteiger partial charge in [0.05, 0.1) is 0 Å². The van der Waals surface area contributed by atoms with Crippen LogP contribution in [0.15, 0.2) is 18.2 Å². The molecule has 1 aliphatic rings. The smallest absolute Gasteiger partial charge is 0.142 e. The summed E-state index contributed by atoms with van der Waals surface area (Å²) in [4.78, 5) is 6.70. The zero-order chi connectivity index (χ0) is 12.1. The van der Waals surface area contributed by atoms with Gasteiger partial charge in [-0.1, -0.05) is 13.0 Å². The maximum absolute atomic E-state index is 8.77. The minimum absolute atomic E-state index is 0.466. The summed E-state index contributed by atoms with van der Waals surface area (Å²) in [5.74, 6) is 0.798. The van der Waals surface area contributed by atoms with Crippen molar-refractivity contribution in [1.82, 2.24) is 9.88 Å². The first-order chi connectivity index (χ1) is 8.33. The summed E-state index contributed by atoms with van der Waals surface area (Å²) < 4.78 is 0. The van der Waals surface area contributed by atoms with Crippen LogP contribution in [0.4, 0.5) is 5.82 Å². The van der Waals surface area contributed by atoms with E-state index in [1.54, 1.807) is 6.07 Å². The summed E-state index contributed by atoms with van der Waals surface area (Å²) in [6.07, 6.45) is 2.53. The Morgan fingerprint density at radius 3 is 3.24 bits per heavy atom. The van der Waals surface area contributed by atoms with Gasteiger partial charge in [0.2, 0.25) is 0 Å². The Balaban J connectivity index is 1.91. The van der Waals surface area contributed by atoms with Gasteiger partial charge < -0.3 is 5.32 Å². The molecule has 2 rings (SSSR count). The lowest BCUT2D eigenvalue weighted by atomic mass is 10.2. The molecule has 17 heavy (non-hydrogen) atoms. The van der Waals surface area contributed by atoms with Crippen LogP contribution in [0.25, 0.3) is 0 Å². The molecule has 0 spiro atoms. The van der Waals surface area contributed by atoms with E-state index in [0.717, 1.165) is 18.9 Å². The first-order valence-corrected chi connectivity index (χ1v) is 6.18. The molecule has 1 N–H and O–H groups in total. The van der Waals surface area contributed by atoms with Crippen molar-refractivity contribution in [3.63, 3.8) is 0 Å². The number of pyridine rings is 1. The maximum Gasteiger partial charge on any atom is 0.142 e. The van der Waals surface area contributed by atoms with Crippen LogP contribution >= 0.6 is 0 Å². The van der Waals surface area contributed by atoms with E-state index in [1.807, 2.05) is 12.1 Å². The molecule has 2 heterocycles. The third kappa shape index (κ3) is 2.95. The molecule has 1 atom stereocenters. The van der Waals surface area contributed by atoms with E-state index < -0.39 is 0 Å². The molecule has 0 amide bonds. The molecule has 0 aliphatic carbocycles. The molecule has 0 bridgehead atoms. The largest absolute Gasteiger partial charge is 0.368 e. The Kier molecular flexibility index (Phi) is 3.94. The average molecular weight is 230 g/mol. The monoisotopic (exact) mass is 230 g/mol. The van der Waals surface area contributed by atoms with Crippen LogP contribution in [-0.4, -0.2) is 35.6 Å². The second-order valence-corrected chi connectivity index (χ2v) is 4.33. The molecule has 1 unspecified atom stereocenters. The van der Waals surface area contributed by atoms with Crippen molar-refractivity contribution >= 4 is 5.82 Å². The van der Waals surface area contributed by atoms with Crippen LogP contribution in [0, 0.1) is 11.3 Å². The number of likely N-dealkylation sites (tertiary alicyclic amines) is 1. The van der Waals surface area contributed by atoms with Gasteiger partial charge in [0.25, 0.3) is 0 Å². The molecule has 0 aromatic carbocycles. The summed E-state index contributed by atoms with van der Waals surface area (Å²) in [5.41, 5.74) is 0.466. The number of aromatic nitrogens is 1. The van der Waals surface area contributed by atoms with Crippen molar-refractivity contribution < 1.29 is 0 Å². The zero-order valence-electron chi connectivity index (χ0n) is 10.2. The van der Waals surface area contributed by atoms with Gasteiger partial charge >= 0.3 is 0 Å². The van der Waals surface area contributed by atoms with Gasteiger partial charge in [-0.25, -0.2) is 4.98 Å². The number of rotatable bonds is 4. The van der Waals surface area contributed by atoms with Gasteiger partial charge in [0, 0.05) is 12.6 Å². The molecule has 0 radical (unpaired) electrons. The standard InChI is InChI=1S/C13H18N4/c1-2-17-8-4-6-12(17)10-15-13-7-3-5-11(9-14)16-13/h3,5,7,12H,2,4,6,8,10H2,1H3,(H,15,16). The van der Waals surface area contributed by atoms with Crippen LogP contribution in [0.5, 0.6) is 0 Å². The van der Waals surface area contributed by atoms with Crippen LogP contribution in [-0.2, 0) is 0 Å². The number of nitrogens with zero attached hydrogens (tertiary/aromatic N) is 3. The van der Waals surface area contributed by atoms with Gasteiger partial charge in [0.1, 0.15) is 17.6 Å². The quantitative estimate of drug-likeness (QED) is 0.857. The van der Waals surface area contributed by atoms with E-state index in [2.05, 4.69) is 28.2 Å². The molecule has 4 heteroatoms. The molecule has 4 nitrogen and oxygen atoms in total. The predicted octanol–water partition coefficient (Wildman–Crippen LogP) is 1.85. The van der Waals surface area contributed by atoms with Crippen molar-refractivity contribution in [3.05, 3.63) is 23.9 Å². The second-order valence-electron chi connectivity index (χ2n) is 4.33. The highest BCUT2D eigenvalue weighted by atomic mass is 15.2. The molecule has 1 saturated heterocycles. The first kappa shape index (κ1) is 11.9. The molecule has 1 fully saturated rings. The Morgan fingerprint density at radius 1 is 1.59 bits per heavy atom. The predicted molar refractivity (Wildman–Crippen MR) is 67.7 cm³/mol. The van der Waals surface area contributed by atoms with E-state index in [4.69, 9.17) is 5.26 Å². The van der Waals surface area contributed by atoms with Gasteiger partial charge in [-0.2, -0.15) is 5.26 Å². The number of hydrogen-bond donors (Lipinski definition) is 1. The third-order valence-electron chi connectivity index (χ3n) is 3.29. The highest BCUT2D eigenvalue weighted by molar-refractivity contribution is 5.38. The highest BCUT2D eigenvalue weighted by Crippen LogP contribution is 2.17. The SMILES string of the molecule is CCN1CCCC1CNc1cccc(C#N)n1. The molecule has 0 saturated carbocycles. The van der Waals surface area contributed by atoms with Crippen molar-refractivity contribution in [2.45, 2.75) is 25.8 Å². The van der Waals surface area contributed by atoms with E-state index in [0.29, 0.717) is 11.7 Å². The highest BCUT2D eigenvalue weighted by Gasteiger charge is 2.22. The third-order valence-corrected chi connectivity index (χ3v) is 3.29. The summed E-state index contributed by atoms with van der Waals surface area (Å²) in [6.45, 7) is 5.43. The minimum atomic E-state index is 0.466. The van der Waals surface area contributed by atoms with E-state index >= 15 is 0 Å². The fourth-order valence-corrected chi connectivity index (χ4v) is 2.36. The summed E-state index contributed by atoms with van der Waals surface area (Å²) >= 11 is 0. The lowest BCUT2D eigenvalue weighted by Gasteiger charge is -2.23. The van der Waals surface area contributed by atoms with Crippen molar-refractivity contribution in [1.29, 1.82) is 5.26 Å². The van der Waals surface area contributed by atoms with Crippen LogP contribution in [0.2, 0.25) is 0 Å². The normalized spacial score (nSPS) is 20.1. The van der Waals surface area contributed by atoms with Crippen molar-refractivity contribution in [3.8, 4) is 6.07 Å². The van der Waals surface area contributed by atoms with Crippen molar-refractivity contribution in [2.24, 2.45) is 0 Å². The molecule has 1 aromatic rings. The van der Waals surface area contributed by atoms with Crippen LogP contribution in [0.3, 0.4) is 0 Å². The molecule has 1 aromatic heterocycles. The van der Waals surface area contributed by atoms with Gasteiger partial charge in [-0.3, -0.25) is 4.90 Å². The number of likely N-dealkylation sites (N-methyl/N-ethyl adjacent to an activating group) is 1. The molecular weight excluding hydrogens is 212 g/mol. The molecule has 1 aliphatic heterocycles. The topological polar surface area (TPSA) is 52.0 Å². The van der Waals surface area contributed by atoms with E-state index in [-0.39, 0.29) is 0 Å². The van der Waals surface area contributed by atoms with Crippen LogP contribution < -0.4 is 5.32 Å². The average Bonchev–Trinajstić information content (AvgIpc) is 2.84.